The molecule has 0 nitrogen and oxygen atoms in total. The molecule has 0 atom stereocenters. The molecule has 0 unspecified atom stereocenters. The van der Waals surface area contributed by atoms with Crippen LogP contribution in [0.2, 0.25) is 0 Å². The van der Waals surface area contributed by atoms with E-state index in [-0.39, 0.29) is 26.2 Å². The second kappa shape index (κ2) is 5.67. The van der Waals surface area contributed by atoms with E-state index >= 15 is 0 Å². The zero-order chi connectivity index (χ0) is 3.58. The fourth-order valence-electron chi connectivity index (χ4n) is 0. The molecule has 0 aromatic carbocycles. The first-order valence-electron chi connectivity index (χ1n) is 0.651. The summed E-state index contributed by atoms with van der Waals surface area (Å²) in [5.74, 6) is 0. The molecule has 4 heteroatoms. The van der Waals surface area contributed by atoms with Gasteiger partial charge in [0.15, 0.2) is 0 Å². The van der Waals surface area contributed by atoms with E-state index in [9.17, 15) is 0 Å². The molecule has 0 spiro atoms. The van der Waals surface area contributed by atoms with Crippen molar-refractivity contribution in [1.29, 1.82) is 0 Å². The third-order valence-electron chi connectivity index (χ3n) is 0. The minimum atomic E-state index is 0. The summed E-state index contributed by atoms with van der Waals surface area (Å²) < 4.78 is 0.389. The Hall–Kier alpha value is 1.67. The summed E-state index contributed by atoms with van der Waals surface area (Å²) in [6.07, 6.45) is 0. The Balaban J connectivity index is 0. The van der Waals surface area contributed by atoms with E-state index in [0.29, 0.717) is 3.53 Å². The number of hydrogen-bond acceptors (Lipinski definition) is 1. The summed E-state index contributed by atoms with van der Waals surface area (Å²) in [6.45, 7) is 0. The predicted octanol–water partition coefficient (Wildman–Crippen LogP) is -0.0530. The maximum atomic E-state index is 4.27. The van der Waals surface area contributed by atoms with E-state index in [0.717, 1.165) is 0 Å². The monoisotopic (exact) mass is 322 g/mol. The summed E-state index contributed by atoms with van der Waals surface area (Å²) >= 11 is 11.4. The zero-order valence-corrected chi connectivity index (χ0v) is 10.6. The van der Waals surface area contributed by atoms with E-state index in [1.165, 1.54) is 0 Å². The second-order valence-electron chi connectivity index (χ2n) is 0.283. The van der Waals surface area contributed by atoms with Gasteiger partial charge < -0.3 is 0 Å². The van der Waals surface area contributed by atoms with Crippen molar-refractivity contribution >= 4 is 67.2 Å². The van der Waals surface area contributed by atoms with Gasteiger partial charge in [0.25, 0.3) is 0 Å². The van der Waals surface area contributed by atoms with Crippen LogP contribution in [0, 0.1) is 0 Å². The van der Waals surface area contributed by atoms with Crippen molar-refractivity contribution in [3.8, 4) is 0 Å². The van der Waals surface area contributed by atoms with Gasteiger partial charge in [-0.05, 0) is 0 Å². The number of hydrogen-bond donors (Lipinski definition) is 2. The van der Waals surface area contributed by atoms with Crippen molar-refractivity contribution in [2.75, 3.05) is 0 Å². The molecule has 0 aromatic heterocycles. The Labute approximate surface area is 66.7 Å². The van der Waals surface area contributed by atoms with Crippen LogP contribution >= 0.6 is 37.5 Å². The minimum absolute atomic E-state index is 0. The molecule has 0 N–H and O–H groups in total. The van der Waals surface area contributed by atoms with Gasteiger partial charge in [-0.1, -0.05) is 12.2 Å². The summed E-state index contributed by atoms with van der Waals surface area (Å²) in [7, 11) is 0. The van der Waals surface area contributed by atoms with Crippen molar-refractivity contribution < 1.29 is 0 Å². The van der Waals surface area contributed by atoms with E-state index in [4.69, 9.17) is 0 Å². The molecule has 5 heavy (non-hydrogen) atoms. The third kappa shape index (κ3) is 27.3. The Morgan fingerprint density at radius 2 is 1.40 bits per heavy atom. The fraction of sp³-hybridized carbons (Fsp3) is 0. The van der Waals surface area contributed by atoms with Gasteiger partial charge in [0.1, 0.15) is 0 Å². The van der Waals surface area contributed by atoms with Crippen molar-refractivity contribution in [3.63, 3.8) is 0 Å². The van der Waals surface area contributed by atoms with Gasteiger partial charge in [0.2, 0.25) is 0 Å². The molecule has 0 fully saturated rings. The zero-order valence-electron chi connectivity index (χ0n) is 2.51. The Kier molecular flexibility index (Phi) is 11.2. The van der Waals surface area contributed by atoms with E-state index in [1.54, 1.807) is 0 Å². The first-order chi connectivity index (χ1) is 1.73. The molecular weight excluding hydrogens is 317 g/mol. The summed E-state index contributed by atoms with van der Waals surface area (Å²) in [5, 5.41) is 0. The molecule has 0 rings (SSSR count). The predicted molar refractivity (Wildman–Crippen MR) is 40.5 cm³/mol. The molecule has 0 aliphatic heterocycles. The molecule has 0 radical (unpaired) electrons. The van der Waals surface area contributed by atoms with Crippen LogP contribution in [0.25, 0.3) is 0 Å². The molecule has 0 aliphatic rings. The van der Waals surface area contributed by atoms with Crippen LogP contribution in [0.3, 0.4) is 0 Å². The summed E-state index contributed by atoms with van der Waals surface area (Å²) in [6, 6.07) is 0. The average molecular weight is 322 g/mol. The van der Waals surface area contributed by atoms with Crippen LogP contribution in [0.15, 0.2) is 0 Å². The van der Waals surface area contributed by atoms with Gasteiger partial charge in [-0.3, -0.25) is 0 Å². The van der Waals surface area contributed by atoms with Gasteiger partial charge in [-0.2, -0.15) is 0 Å². The van der Waals surface area contributed by atoms with Gasteiger partial charge in [-0.25, -0.2) is 0 Å². The quantitative estimate of drug-likeness (QED) is 0.358. The normalized spacial score (nSPS) is 5.20. The van der Waals surface area contributed by atoms with Crippen molar-refractivity contribution in [1.82, 2.24) is 0 Å². The van der Waals surface area contributed by atoms with E-state index < -0.39 is 0 Å². The molecule has 0 amide bonds. The van der Waals surface area contributed by atoms with Gasteiger partial charge in [0.05, 0.1) is 3.53 Å². The van der Waals surface area contributed by atoms with Crippen molar-refractivity contribution in [3.05, 3.63) is 0 Å². The molecule has 0 aliphatic carbocycles. The first-order valence-corrected chi connectivity index (χ1v) is 1.95. The molecule has 0 bridgehead atoms. The topological polar surface area (TPSA) is 0 Å². The number of thiol groups is 2. The van der Waals surface area contributed by atoms with E-state index in [2.05, 4.69) is 37.5 Å². The summed E-state index contributed by atoms with van der Waals surface area (Å²) in [4.78, 5) is 0. The second-order valence-corrected chi connectivity index (χ2v) is 2.54. The maximum absolute atomic E-state index is 4.27. The SMILES string of the molecule is S=C(S)S.[BiH3]. The average Bonchev–Trinajstić information content (AvgIpc) is 0.811. The van der Waals surface area contributed by atoms with Crippen LogP contribution in [0.1, 0.15) is 0 Å². The standard InChI is InChI=1S/CH2S3.Bi.3H/c2-1(3)4;;;;/h(H2,2,3,4);;;;. The van der Waals surface area contributed by atoms with Crippen LogP contribution < -0.4 is 0 Å². The van der Waals surface area contributed by atoms with Crippen LogP contribution in [-0.4, -0.2) is 29.7 Å². The molecule has 0 saturated carbocycles. The Bertz CT molecular complexity index is 29.9. The molecule has 0 heterocycles. The van der Waals surface area contributed by atoms with Gasteiger partial charge in [-0.15, -0.1) is 25.3 Å². The van der Waals surface area contributed by atoms with E-state index in [1.807, 2.05) is 0 Å². The summed E-state index contributed by atoms with van der Waals surface area (Å²) in [5.41, 5.74) is 0. The third-order valence-corrected chi connectivity index (χ3v) is 0. The number of rotatable bonds is 0. The molecule has 0 saturated heterocycles. The van der Waals surface area contributed by atoms with Crippen LogP contribution in [-0.2, 0) is 0 Å². The van der Waals surface area contributed by atoms with Crippen molar-refractivity contribution in [2.24, 2.45) is 0 Å². The van der Waals surface area contributed by atoms with Crippen LogP contribution in [0.4, 0.5) is 0 Å². The Morgan fingerprint density at radius 3 is 1.40 bits per heavy atom. The molecular formula is CH5BiS3. The Morgan fingerprint density at radius 1 is 1.40 bits per heavy atom. The molecule has 32 valence electrons. The van der Waals surface area contributed by atoms with Crippen LogP contribution in [0.5, 0.6) is 0 Å². The molecule has 0 aromatic rings. The first kappa shape index (κ1) is 9.83. The van der Waals surface area contributed by atoms with Crippen molar-refractivity contribution in [2.45, 2.75) is 0 Å². The fourth-order valence-corrected chi connectivity index (χ4v) is 0. The van der Waals surface area contributed by atoms with Gasteiger partial charge in [0, 0.05) is 0 Å². The number of thiocarbonyl (C=S) groups is 1. The van der Waals surface area contributed by atoms with Gasteiger partial charge >= 0.3 is 26.2 Å².